The van der Waals surface area contributed by atoms with Crippen molar-refractivity contribution in [2.24, 2.45) is 0 Å². The van der Waals surface area contributed by atoms with Crippen LogP contribution in [0.15, 0.2) is 9.66 Å². The Hall–Kier alpha value is 0.120. The van der Waals surface area contributed by atoms with Crippen molar-refractivity contribution < 1.29 is 22.0 Å². The second-order valence-electron chi connectivity index (χ2n) is 3.88. The molecule has 0 aliphatic rings. The Bertz CT molecular complexity index is 245. The van der Waals surface area contributed by atoms with Crippen LogP contribution in [0, 0.1) is 0 Å². The normalized spacial score (nSPS) is 14.2. The van der Waals surface area contributed by atoms with Crippen LogP contribution in [0.2, 0.25) is 0 Å². The molecule has 0 aliphatic heterocycles. The lowest BCUT2D eigenvalue weighted by Gasteiger charge is -2.16. The average Bonchev–Trinajstić information content (AvgIpc) is 2.14. The summed E-state index contributed by atoms with van der Waals surface area (Å²) in [7, 11) is 0. The van der Waals surface area contributed by atoms with E-state index in [-0.39, 0.29) is 16.1 Å². The van der Waals surface area contributed by atoms with Gasteiger partial charge in [0, 0.05) is 6.08 Å². The van der Waals surface area contributed by atoms with Crippen molar-refractivity contribution in [3.8, 4) is 0 Å². The highest BCUT2D eigenvalue weighted by Crippen LogP contribution is 2.38. The van der Waals surface area contributed by atoms with Crippen molar-refractivity contribution in [3.63, 3.8) is 0 Å². The molecule has 102 valence electrons. The predicted octanol–water partition coefficient (Wildman–Crippen LogP) is 5.86. The highest BCUT2D eigenvalue weighted by atomic mass is 127. The minimum Gasteiger partial charge on any atom is -0.191 e. The van der Waals surface area contributed by atoms with Crippen molar-refractivity contribution in [2.45, 2.75) is 57.5 Å². The lowest BCUT2D eigenvalue weighted by atomic mass is 10.1. The van der Waals surface area contributed by atoms with Gasteiger partial charge < -0.3 is 0 Å². The lowest BCUT2D eigenvalue weighted by Crippen LogP contribution is -2.34. The number of unbranched alkanes of at least 4 members (excludes halogenated alkanes) is 4. The summed E-state index contributed by atoms with van der Waals surface area (Å²) in [5.74, 6) is -4.72. The Morgan fingerprint density at radius 2 is 1.53 bits per heavy atom. The van der Waals surface area contributed by atoms with Gasteiger partial charge in [-0.25, -0.2) is 0 Å². The maximum absolute atomic E-state index is 12.6. The molecule has 0 aromatic heterocycles. The SMILES string of the molecule is CCCCCCCC(I)=CC(F)(F)C(F)(F)F. The van der Waals surface area contributed by atoms with E-state index >= 15 is 0 Å². The highest BCUT2D eigenvalue weighted by Gasteiger charge is 2.55. The molecule has 0 unspecified atom stereocenters. The first-order chi connectivity index (χ1) is 7.70. The fourth-order valence-electron chi connectivity index (χ4n) is 1.25. The van der Waals surface area contributed by atoms with E-state index in [2.05, 4.69) is 0 Å². The van der Waals surface area contributed by atoms with E-state index in [0.29, 0.717) is 6.42 Å². The fourth-order valence-corrected chi connectivity index (χ4v) is 2.02. The van der Waals surface area contributed by atoms with Crippen molar-refractivity contribution in [1.82, 2.24) is 0 Å². The van der Waals surface area contributed by atoms with Gasteiger partial charge in [-0.1, -0.05) is 32.6 Å². The molecule has 0 heterocycles. The van der Waals surface area contributed by atoms with Crippen LogP contribution in [-0.4, -0.2) is 12.1 Å². The molecule has 0 nitrogen and oxygen atoms in total. The largest absolute Gasteiger partial charge is 0.457 e. The summed E-state index contributed by atoms with van der Waals surface area (Å²) in [5.41, 5.74) is 0. The molecule has 0 aromatic rings. The molecule has 0 rings (SSSR count). The van der Waals surface area contributed by atoms with Crippen molar-refractivity contribution in [3.05, 3.63) is 9.66 Å². The van der Waals surface area contributed by atoms with Crippen LogP contribution in [0.25, 0.3) is 0 Å². The quantitative estimate of drug-likeness (QED) is 0.299. The Balaban J connectivity index is 4.09. The van der Waals surface area contributed by atoms with Crippen molar-refractivity contribution in [2.75, 3.05) is 0 Å². The van der Waals surface area contributed by atoms with Crippen molar-refractivity contribution >= 4 is 22.6 Å². The molecule has 0 N–H and O–H groups in total. The lowest BCUT2D eigenvalue weighted by molar-refractivity contribution is -0.259. The van der Waals surface area contributed by atoms with E-state index < -0.39 is 12.1 Å². The van der Waals surface area contributed by atoms with Crippen LogP contribution in [-0.2, 0) is 0 Å². The Morgan fingerprint density at radius 3 is 2.00 bits per heavy atom. The summed E-state index contributed by atoms with van der Waals surface area (Å²) < 4.78 is 60.9. The third-order valence-corrected chi connectivity index (χ3v) is 3.09. The van der Waals surface area contributed by atoms with Crippen LogP contribution < -0.4 is 0 Å². The molecule has 0 saturated heterocycles. The maximum atomic E-state index is 12.6. The Labute approximate surface area is 112 Å². The van der Waals surface area contributed by atoms with Crippen molar-refractivity contribution in [1.29, 1.82) is 0 Å². The zero-order valence-electron chi connectivity index (χ0n) is 9.59. The minimum atomic E-state index is -5.49. The van der Waals surface area contributed by atoms with Gasteiger partial charge in [0.15, 0.2) is 0 Å². The molecule has 6 heteroatoms. The van der Waals surface area contributed by atoms with Gasteiger partial charge in [0.1, 0.15) is 0 Å². The first-order valence-electron chi connectivity index (χ1n) is 5.52. The van der Waals surface area contributed by atoms with Gasteiger partial charge in [0.25, 0.3) is 0 Å². The first-order valence-corrected chi connectivity index (χ1v) is 6.60. The molecular formula is C11H16F5I. The van der Waals surface area contributed by atoms with E-state index in [0.717, 1.165) is 25.7 Å². The molecule has 0 amide bonds. The molecular weight excluding hydrogens is 354 g/mol. The van der Waals surface area contributed by atoms with Gasteiger partial charge in [-0.2, -0.15) is 22.0 Å². The van der Waals surface area contributed by atoms with E-state index in [9.17, 15) is 22.0 Å². The van der Waals surface area contributed by atoms with Crippen LogP contribution in [0.4, 0.5) is 22.0 Å². The summed E-state index contributed by atoms with van der Waals surface area (Å²) in [6.07, 6.45) is -0.530. The number of allylic oxidation sites excluding steroid dienone is 2. The number of hydrogen-bond acceptors (Lipinski definition) is 0. The number of halogens is 6. The molecule has 0 atom stereocenters. The third kappa shape index (κ3) is 7.21. The standard InChI is InChI=1S/C11H16F5I/c1-2-3-4-5-6-7-9(17)8-10(12,13)11(14,15)16/h8H,2-7H2,1H3. The highest BCUT2D eigenvalue weighted by molar-refractivity contribution is 14.1. The third-order valence-electron chi connectivity index (χ3n) is 2.24. The second-order valence-corrected chi connectivity index (χ2v) is 5.26. The Morgan fingerprint density at radius 1 is 1.00 bits per heavy atom. The van der Waals surface area contributed by atoms with Crippen LogP contribution in [0.5, 0.6) is 0 Å². The number of alkyl halides is 5. The zero-order chi connectivity index (χ0) is 13.5. The number of rotatable bonds is 7. The van der Waals surface area contributed by atoms with Gasteiger partial charge >= 0.3 is 12.1 Å². The molecule has 0 radical (unpaired) electrons. The average molecular weight is 370 g/mol. The van der Waals surface area contributed by atoms with Gasteiger partial charge in [0.05, 0.1) is 0 Å². The summed E-state index contributed by atoms with van der Waals surface area (Å²) in [6.45, 7) is 2.05. The molecule has 0 aromatic carbocycles. The smallest absolute Gasteiger partial charge is 0.191 e. The van der Waals surface area contributed by atoms with E-state index in [1.807, 2.05) is 6.92 Å². The number of hydrogen-bond donors (Lipinski definition) is 0. The zero-order valence-corrected chi connectivity index (χ0v) is 11.7. The first kappa shape index (κ1) is 17.1. The van der Waals surface area contributed by atoms with Gasteiger partial charge in [-0.3, -0.25) is 0 Å². The van der Waals surface area contributed by atoms with Gasteiger partial charge in [0.2, 0.25) is 0 Å². The summed E-state index contributed by atoms with van der Waals surface area (Å²) in [6, 6.07) is 0. The summed E-state index contributed by atoms with van der Waals surface area (Å²) in [4.78, 5) is 0. The molecule has 0 spiro atoms. The molecule has 0 bridgehead atoms. The maximum Gasteiger partial charge on any atom is 0.457 e. The van der Waals surface area contributed by atoms with E-state index in [1.165, 1.54) is 0 Å². The molecule has 0 fully saturated rings. The predicted molar refractivity (Wildman–Crippen MR) is 66.5 cm³/mol. The van der Waals surface area contributed by atoms with Crippen LogP contribution in [0.3, 0.4) is 0 Å². The van der Waals surface area contributed by atoms with Crippen LogP contribution in [0.1, 0.15) is 45.4 Å². The molecule has 0 saturated carbocycles. The summed E-state index contributed by atoms with van der Waals surface area (Å²) in [5, 5.41) is 0. The fraction of sp³-hybridized carbons (Fsp3) is 0.818. The topological polar surface area (TPSA) is 0 Å². The van der Waals surface area contributed by atoms with E-state index in [4.69, 9.17) is 0 Å². The van der Waals surface area contributed by atoms with Gasteiger partial charge in [-0.15, -0.1) is 0 Å². The minimum absolute atomic E-state index is 0.0212. The molecule has 0 aliphatic carbocycles. The van der Waals surface area contributed by atoms with Crippen LogP contribution >= 0.6 is 22.6 Å². The summed E-state index contributed by atoms with van der Waals surface area (Å²) >= 11 is 1.55. The van der Waals surface area contributed by atoms with Gasteiger partial charge in [-0.05, 0) is 39.0 Å². The van der Waals surface area contributed by atoms with E-state index in [1.54, 1.807) is 22.6 Å². The second kappa shape index (κ2) is 7.53. The molecule has 17 heavy (non-hydrogen) atoms. The monoisotopic (exact) mass is 370 g/mol. The Kier molecular flexibility index (Phi) is 7.58.